The van der Waals surface area contributed by atoms with Crippen LogP contribution in [0.15, 0.2) is 0 Å². The summed E-state index contributed by atoms with van der Waals surface area (Å²) in [6.45, 7) is 0.304. The van der Waals surface area contributed by atoms with E-state index in [9.17, 15) is 4.79 Å². The van der Waals surface area contributed by atoms with Gasteiger partial charge in [-0.2, -0.15) is 0 Å². The van der Waals surface area contributed by atoms with Gasteiger partial charge in [-0.3, -0.25) is 10.1 Å². The Labute approximate surface area is 98.1 Å². The number of hydrogen-bond acceptors (Lipinski definition) is 5. The molecule has 0 radical (unpaired) electrons. The van der Waals surface area contributed by atoms with Crippen LogP contribution in [-0.2, 0) is 4.79 Å². The number of nitrogens with one attached hydrogen (secondary N) is 2. The minimum Gasteiger partial charge on any atom is -0.311 e. The third kappa shape index (κ3) is 3.40. The van der Waals surface area contributed by atoms with E-state index in [0.717, 1.165) is 5.01 Å². The third-order valence-electron chi connectivity index (χ3n) is 1.95. The Morgan fingerprint density at radius 2 is 2.27 bits per heavy atom. The van der Waals surface area contributed by atoms with Crippen molar-refractivity contribution >= 4 is 34.8 Å². The maximum absolute atomic E-state index is 11.2. The predicted molar refractivity (Wildman–Crippen MR) is 61.7 cm³/mol. The first-order valence-corrected chi connectivity index (χ1v) is 5.39. The number of hydrogen-bond donors (Lipinski definition) is 2. The van der Waals surface area contributed by atoms with Crippen LogP contribution in [0.4, 0.5) is 5.13 Å². The average molecular weight is 249 g/mol. The van der Waals surface area contributed by atoms with Gasteiger partial charge >= 0.3 is 0 Å². The summed E-state index contributed by atoms with van der Waals surface area (Å²) in [7, 11) is 1.73. The molecule has 7 heteroatoms. The van der Waals surface area contributed by atoms with E-state index in [1.165, 1.54) is 24.2 Å². The first kappa shape index (κ1) is 12.4. The normalized spacial score (nSPS) is 14.5. The summed E-state index contributed by atoms with van der Waals surface area (Å²) in [5.41, 5.74) is 0. The lowest BCUT2D eigenvalue weighted by molar-refractivity contribution is -0.115. The molecule has 0 saturated heterocycles. The maximum Gasteiger partial charge on any atom is 0.240 e. The Hall–Kier alpha value is -0.720. The fourth-order valence-electron chi connectivity index (χ4n) is 1.10. The fourth-order valence-corrected chi connectivity index (χ4v) is 2.03. The molecule has 1 aromatic rings. The molecule has 0 atom stereocenters. The maximum atomic E-state index is 11.2. The topological polar surface area (TPSA) is 66.9 Å². The molecular formula is C8H13ClN4OS. The molecule has 1 amide bonds. The summed E-state index contributed by atoms with van der Waals surface area (Å²) in [6.07, 6.45) is 2.41. The minimum absolute atomic E-state index is 0. The molecule has 2 rings (SSSR count). The van der Waals surface area contributed by atoms with E-state index in [1.807, 2.05) is 0 Å². The van der Waals surface area contributed by atoms with Gasteiger partial charge in [-0.1, -0.05) is 11.3 Å². The zero-order valence-electron chi connectivity index (χ0n) is 8.32. The van der Waals surface area contributed by atoms with Crippen LogP contribution < -0.4 is 10.6 Å². The van der Waals surface area contributed by atoms with Gasteiger partial charge in [0, 0.05) is 5.92 Å². The summed E-state index contributed by atoms with van der Waals surface area (Å²) in [5, 5.41) is 15.0. The Morgan fingerprint density at radius 1 is 1.53 bits per heavy atom. The van der Waals surface area contributed by atoms with Crippen LogP contribution in [0.25, 0.3) is 0 Å². The minimum atomic E-state index is -0.0778. The number of likely N-dealkylation sites (N-methyl/N-ethyl adjacent to an activating group) is 1. The standard InChI is InChI=1S/C8H12N4OS.ClH/c1-9-4-6(13)10-8-12-11-7(14-8)5-2-3-5;/h5,9H,2-4H2,1H3,(H,10,12,13);1H. The van der Waals surface area contributed by atoms with E-state index in [2.05, 4.69) is 20.8 Å². The molecule has 0 aliphatic heterocycles. The highest BCUT2D eigenvalue weighted by atomic mass is 35.5. The van der Waals surface area contributed by atoms with Crippen LogP contribution in [0, 0.1) is 0 Å². The van der Waals surface area contributed by atoms with Gasteiger partial charge in [-0.05, 0) is 19.9 Å². The van der Waals surface area contributed by atoms with Gasteiger partial charge in [0.15, 0.2) is 0 Å². The Bertz CT molecular complexity index is 339. The van der Waals surface area contributed by atoms with Gasteiger partial charge in [0.05, 0.1) is 6.54 Å². The second-order valence-electron chi connectivity index (χ2n) is 3.30. The van der Waals surface area contributed by atoms with Crippen molar-refractivity contribution in [1.29, 1.82) is 0 Å². The van der Waals surface area contributed by atoms with Gasteiger partial charge < -0.3 is 5.32 Å². The SMILES string of the molecule is CNCC(=O)Nc1nnc(C2CC2)s1.Cl. The first-order chi connectivity index (χ1) is 6.79. The van der Waals surface area contributed by atoms with E-state index >= 15 is 0 Å². The molecular weight excluding hydrogens is 236 g/mol. The van der Waals surface area contributed by atoms with Crippen LogP contribution >= 0.6 is 23.7 Å². The van der Waals surface area contributed by atoms with E-state index in [1.54, 1.807) is 7.05 Å². The fraction of sp³-hybridized carbons (Fsp3) is 0.625. The van der Waals surface area contributed by atoms with Crippen molar-refractivity contribution in [2.75, 3.05) is 18.9 Å². The quantitative estimate of drug-likeness (QED) is 0.834. The lowest BCUT2D eigenvalue weighted by Gasteiger charge is -1.97. The molecule has 1 aromatic heterocycles. The molecule has 1 fully saturated rings. The number of rotatable bonds is 4. The number of carbonyl (C=O) groups excluding carboxylic acids is 1. The lowest BCUT2D eigenvalue weighted by atomic mass is 10.5. The van der Waals surface area contributed by atoms with Crippen LogP contribution in [-0.4, -0.2) is 29.7 Å². The van der Waals surface area contributed by atoms with Crippen LogP contribution in [0.2, 0.25) is 0 Å². The number of carbonyl (C=O) groups is 1. The van der Waals surface area contributed by atoms with Gasteiger partial charge in [0.25, 0.3) is 0 Å². The van der Waals surface area contributed by atoms with Crippen LogP contribution in [0.3, 0.4) is 0 Å². The molecule has 0 aromatic carbocycles. The largest absolute Gasteiger partial charge is 0.311 e. The summed E-state index contributed by atoms with van der Waals surface area (Å²) in [5.74, 6) is 0.522. The first-order valence-electron chi connectivity index (χ1n) is 4.57. The van der Waals surface area contributed by atoms with Gasteiger partial charge in [-0.25, -0.2) is 0 Å². The van der Waals surface area contributed by atoms with Crippen molar-refractivity contribution in [2.24, 2.45) is 0 Å². The molecule has 0 unspecified atom stereocenters. The van der Waals surface area contributed by atoms with E-state index in [-0.39, 0.29) is 18.3 Å². The molecule has 1 heterocycles. The highest BCUT2D eigenvalue weighted by Crippen LogP contribution is 2.41. The summed E-state index contributed by atoms with van der Waals surface area (Å²) >= 11 is 1.48. The molecule has 2 N–H and O–H groups in total. The number of halogens is 1. The second kappa shape index (κ2) is 5.39. The molecule has 1 aliphatic carbocycles. The Balaban J connectivity index is 0.00000112. The van der Waals surface area contributed by atoms with Crippen LogP contribution in [0.1, 0.15) is 23.8 Å². The monoisotopic (exact) mass is 248 g/mol. The molecule has 15 heavy (non-hydrogen) atoms. The lowest BCUT2D eigenvalue weighted by Crippen LogP contribution is -2.24. The second-order valence-corrected chi connectivity index (χ2v) is 4.31. The summed E-state index contributed by atoms with van der Waals surface area (Å²) in [6, 6.07) is 0. The van der Waals surface area contributed by atoms with Crippen molar-refractivity contribution in [2.45, 2.75) is 18.8 Å². The van der Waals surface area contributed by atoms with Crippen molar-refractivity contribution < 1.29 is 4.79 Å². The summed E-state index contributed by atoms with van der Waals surface area (Å²) in [4.78, 5) is 11.2. The molecule has 0 bridgehead atoms. The van der Waals surface area contributed by atoms with Crippen molar-refractivity contribution in [1.82, 2.24) is 15.5 Å². The zero-order valence-corrected chi connectivity index (χ0v) is 9.95. The zero-order chi connectivity index (χ0) is 9.97. The highest BCUT2D eigenvalue weighted by Gasteiger charge is 2.27. The Kier molecular flexibility index (Phi) is 4.44. The third-order valence-corrected chi connectivity index (χ3v) is 2.95. The van der Waals surface area contributed by atoms with E-state index in [0.29, 0.717) is 17.6 Å². The highest BCUT2D eigenvalue weighted by molar-refractivity contribution is 7.15. The molecule has 84 valence electrons. The number of anilines is 1. The number of aromatic nitrogens is 2. The predicted octanol–water partition coefficient (Wildman–Crippen LogP) is 0.995. The molecule has 0 spiro atoms. The van der Waals surface area contributed by atoms with E-state index < -0.39 is 0 Å². The van der Waals surface area contributed by atoms with Crippen molar-refractivity contribution in [3.63, 3.8) is 0 Å². The molecule has 1 saturated carbocycles. The Morgan fingerprint density at radius 3 is 2.87 bits per heavy atom. The number of amides is 1. The molecule has 1 aliphatic rings. The molecule has 5 nitrogen and oxygen atoms in total. The van der Waals surface area contributed by atoms with Gasteiger partial charge in [0.1, 0.15) is 5.01 Å². The van der Waals surface area contributed by atoms with Crippen LogP contribution in [0.5, 0.6) is 0 Å². The van der Waals surface area contributed by atoms with Gasteiger partial charge in [0.2, 0.25) is 11.0 Å². The number of nitrogens with zero attached hydrogens (tertiary/aromatic N) is 2. The van der Waals surface area contributed by atoms with Crippen molar-refractivity contribution in [3.8, 4) is 0 Å². The van der Waals surface area contributed by atoms with Crippen molar-refractivity contribution in [3.05, 3.63) is 5.01 Å². The summed E-state index contributed by atoms with van der Waals surface area (Å²) < 4.78 is 0. The van der Waals surface area contributed by atoms with E-state index in [4.69, 9.17) is 0 Å². The average Bonchev–Trinajstić information content (AvgIpc) is 2.89. The smallest absolute Gasteiger partial charge is 0.240 e. The van der Waals surface area contributed by atoms with Gasteiger partial charge in [-0.15, -0.1) is 22.6 Å².